The van der Waals surface area contributed by atoms with Crippen LogP contribution in [0.4, 0.5) is 0 Å². The number of benzene rings is 1. The summed E-state index contributed by atoms with van der Waals surface area (Å²) < 4.78 is 11.3. The molecule has 148 valence electrons. The van der Waals surface area contributed by atoms with Crippen molar-refractivity contribution in [1.82, 2.24) is 0 Å². The predicted octanol–water partition coefficient (Wildman–Crippen LogP) is 4.80. The van der Waals surface area contributed by atoms with E-state index in [1.807, 2.05) is 6.07 Å². The molecule has 2 aromatic rings. The number of hydrogen-bond donors (Lipinski definition) is 1. The number of ether oxygens (including phenoxy) is 1. The standard InChI is InChI=1S/C24H28O4/c25-22-20-9-3-1-2-7-17(12-18-14-27-18)23(20)28-24(26)21(22)13-16-6-4-5-8-19(16)15-10-11-15/h4-6,8,15,17-18,25H,1-3,7,9-14H2. The Morgan fingerprint density at radius 3 is 2.68 bits per heavy atom. The Kier molecular flexibility index (Phi) is 4.75. The summed E-state index contributed by atoms with van der Waals surface area (Å²) in [5.41, 5.74) is 3.37. The third-order valence-corrected chi connectivity index (χ3v) is 6.56. The summed E-state index contributed by atoms with van der Waals surface area (Å²) >= 11 is 0. The molecule has 1 aliphatic heterocycles. The van der Waals surface area contributed by atoms with Crippen molar-refractivity contribution in [2.75, 3.05) is 6.61 Å². The third-order valence-electron chi connectivity index (χ3n) is 6.56. The van der Waals surface area contributed by atoms with Crippen molar-refractivity contribution in [2.24, 2.45) is 0 Å². The molecule has 5 rings (SSSR count). The van der Waals surface area contributed by atoms with E-state index in [9.17, 15) is 9.90 Å². The van der Waals surface area contributed by atoms with E-state index in [-0.39, 0.29) is 23.4 Å². The molecule has 4 heteroatoms. The number of hydrogen-bond acceptors (Lipinski definition) is 4. The maximum absolute atomic E-state index is 12.9. The number of aromatic hydroxyl groups is 1. The van der Waals surface area contributed by atoms with Crippen LogP contribution in [0.15, 0.2) is 33.5 Å². The molecule has 0 amide bonds. The minimum absolute atomic E-state index is 0.175. The zero-order valence-corrected chi connectivity index (χ0v) is 16.3. The van der Waals surface area contributed by atoms with Crippen LogP contribution in [-0.4, -0.2) is 17.8 Å². The Morgan fingerprint density at radius 1 is 1.07 bits per heavy atom. The van der Waals surface area contributed by atoms with Gasteiger partial charge in [-0.2, -0.15) is 0 Å². The second-order valence-corrected chi connectivity index (χ2v) is 8.70. The van der Waals surface area contributed by atoms with Crippen LogP contribution in [0, 0.1) is 0 Å². The van der Waals surface area contributed by atoms with Gasteiger partial charge in [-0.25, -0.2) is 4.79 Å². The Bertz CT molecular complexity index is 921. The molecule has 4 nitrogen and oxygen atoms in total. The average Bonchev–Trinajstić information content (AvgIpc) is 3.58. The van der Waals surface area contributed by atoms with Crippen molar-refractivity contribution in [3.05, 3.63) is 62.7 Å². The van der Waals surface area contributed by atoms with Crippen molar-refractivity contribution >= 4 is 0 Å². The maximum atomic E-state index is 12.9. The minimum Gasteiger partial charge on any atom is -0.507 e. The van der Waals surface area contributed by atoms with Gasteiger partial charge in [0.25, 0.3) is 0 Å². The lowest BCUT2D eigenvalue weighted by molar-refractivity contribution is 0.321. The molecule has 2 aliphatic carbocycles. The average molecular weight is 380 g/mol. The third kappa shape index (κ3) is 3.62. The molecular formula is C24H28O4. The summed E-state index contributed by atoms with van der Waals surface area (Å²) in [6.07, 6.45) is 9.15. The van der Waals surface area contributed by atoms with E-state index in [0.717, 1.165) is 62.0 Å². The van der Waals surface area contributed by atoms with E-state index in [4.69, 9.17) is 9.15 Å². The van der Waals surface area contributed by atoms with Crippen LogP contribution in [0.1, 0.15) is 84.8 Å². The lowest BCUT2D eigenvalue weighted by Crippen LogP contribution is -2.17. The second kappa shape index (κ2) is 7.40. The van der Waals surface area contributed by atoms with Gasteiger partial charge in [0.05, 0.1) is 18.3 Å². The largest absolute Gasteiger partial charge is 0.507 e. The molecule has 2 unspecified atom stereocenters. The highest BCUT2D eigenvalue weighted by molar-refractivity contribution is 5.46. The monoisotopic (exact) mass is 380 g/mol. The van der Waals surface area contributed by atoms with Crippen LogP contribution in [0.25, 0.3) is 0 Å². The highest BCUT2D eigenvalue weighted by Gasteiger charge is 2.33. The first kappa shape index (κ1) is 18.0. The lowest BCUT2D eigenvalue weighted by atomic mass is 9.85. The summed E-state index contributed by atoms with van der Waals surface area (Å²) in [6.45, 7) is 0.804. The summed E-state index contributed by atoms with van der Waals surface area (Å²) in [5.74, 6) is 1.68. The summed E-state index contributed by atoms with van der Waals surface area (Å²) in [7, 11) is 0. The molecule has 1 aromatic carbocycles. The molecule has 1 aromatic heterocycles. The molecule has 2 heterocycles. The second-order valence-electron chi connectivity index (χ2n) is 8.70. The molecule has 3 aliphatic rings. The molecule has 1 N–H and O–H groups in total. The van der Waals surface area contributed by atoms with Gasteiger partial charge in [-0.15, -0.1) is 0 Å². The smallest absolute Gasteiger partial charge is 0.343 e. The Morgan fingerprint density at radius 2 is 1.89 bits per heavy atom. The maximum Gasteiger partial charge on any atom is 0.343 e. The van der Waals surface area contributed by atoms with Gasteiger partial charge in [-0.05, 0) is 55.6 Å². The van der Waals surface area contributed by atoms with Crippen LogP contribution >= 0.6 is 0 Å². The highest BCUT2D eigenvalue weighted by Crippen LogP contribution is 2.43. The zero-order valence-electron chi connectivity index (χ0n) is 16.3. The van der Waals surface area contributed by atoms with Gasteiger partial charge >= 0.3 is 5.63 Å². The Balaban J connectivity index is 1.53. The van der Waals surface area contributed by atoms with Gasteiger partial charge in [-0.1, -0.05) is 37.1 Å². The minimum atomic E-state index is -0.371. The van der Waals surface area contributed by atoms with E-state index < -0.39 is 0 Å². The summed E-state index contributed by atoms with van der Waals surface area (Å²) in [6, 6.07) is 8.31. The summed E-state index contributed by atoms with van der Waals surface area (Å²) in [5, 5.41) is 11.1. The van der Waals surface area contributed by atoms with Crippen LogP contribution in [-0.2, 0) is 17.6 Å². The van der Waals surface area contributed by atoms with E-state index in [2.05, 4.69) is 18.2 Å². The van der Waals surface area contributed by atoms with Crippen molar-refractivity contribution in [3.8, 4) is 5.75 Å². The van der Waals surface area contributed by atoms with Crippen molar-refractivity contribution < 1.29 is 14.3 Å². The normalized spacial score (nSPS) is 24.3. The SMILES string of the molecule is O=c1oc2c(c(O)c1Cc1ccccc1C1CC1)CCCCCC2CC1CO1. The number of epoxide rings is 1. The summed E-state index contributed by atoms with van der Waals surface area (Å²) in [4.78, 5) is 12.9. The molecule has 0 spiro atoms. The molecule has 1 saturated carbocycles. The van der Waals surface area contributed by atoms with Gasteiger partial charge in [-0.3, -0.25) is 0 Å². The molecule has 0 radical (unpaired) electrons. The van der Waals surface area contributed by atoms with Gasteiger partial charge in [0.15, 0.2) is 0 Å². The van der Waals surface area contributed by atoms with Crippen LogP contribution in [0.5, 0.6) is 5.75 Å². The first-order valence-corrected chi connectivity index (χ1v) is 10.8. The number of rotatable bonds is 5. The molecule has 28 heavy (non-hydrogen) atoms. The van der Waals surface area contributed by atoms with E-state index in [0.29, 0.717) is 17.9 Å². The fourth-order valence-electron chi connectivity index (χ4n) is 4.77. The van der Waals surface area contributed by atoms with Gasteiger partial charge < -0.3 is 14.3 Å². The van der Waals surface area contributed by atoms with Gasteiger partial charge in [0.2, 0.25) is 0 Å². The molecule has 2 atom stereocenters. The fraction of sp³-hybridized carbons (Fsp3) is 0.542. The fourth-order valence-corrected chi connectivity index (χ4v) is 4.77. The van der Waals surface area contributed by atoms with Crippen molar-refractivity contribution in [1.29, 1.82) is 0 Å². The quantitative estimate of drug-likeness (QED) is 0.757. The van der Waals surface area contributed by atoms with Crippen LogP contribution in [0.3, 0.4) is 0 Å². The number of fused-ring (bicyclic) bond motifs is 1. The van der Waals surface area contributed by atoms with Crippen molar-refractivity contribution in [3.63, 3.8) is 0 Å². The Hall–Kier alpha value is -2.07. The molecule has 1 saturated heterocycles. The van der Waals surface area contributed by atoms with E-state index in [1.54, 1.807) is 0 Å². The van der Waals surface area contributed by atoms with Crippen LogP contribution in [0.2, 0.25) is 0 Å². The van der Waals surface area contributed by atoms with Gasteiger partial charge in [0, 0.05) is 17.9 Å². The lowest BCUT2D eigenvalue weighted by Gasteiger charge is -2.22. The molecule has 0 bridgehead atoms. The highest BCUT2D eigenvalue weighted by atomic mass is 16.6. The van der Waals surface area contributed by atoms with Crippen LogP contribution < -0.4 is 5.63 Å². The zero-order chi connectivity index (χ0) is 19.1. The first-order chi connectivity index (χ1) is 13.7. The first-order valence-electron chi connectivity index (χ1n) is 10.8. The van der Waals surface area contributed by atoms with Gasteiger partial charge in [0.1, 0.15) is 11.5 Å². The van der Waals surface area contributed by atoms with Crippen molar-refractivity contribution in [2.45, 2.75) is 75.7 Å². The topological polar surface area (TPSA) is 63.0 Å². The molecular weight excluding hydrogens is 352 g/mol. The van der Waals surface area contributed by atoms with E-state index >= 15 is 0 Å². The van der Waals surface area contributed by atoms with E-state index in [1.165, 1.54) is 18.4 Å². The predicted molar refractivity (Wildman–Crippen MR) is 107 cm³/mol. The molecule has 2 fully saturated rings. The Labute approximate surface area is 165 Å².